The molecular formula is C28H25ClFN7O5. The monoisotopic (exact) mass is 593 g/mol. The van der Waals surface area contributed by atoms with Gasteiger partial charge in [-0.2, -0.15) is 0 Å². The van der Waals surface area contributed by atoms with E-state index in [0.29, 0.717) is 46.7 Å². The fourth-order valence-corrected chi connectivity index (χ4v) is 4.66. The van der Waals surface area contributed by atoms with Gasteiger partial charge in [0.1, 0.15) is 5.69 Å². The number of hydrogen-bond acceptors (Lipinski definition) is 8. The Bertz CT molecular complexity index is 1680. The lowest BCUT2D eigenvalue weighted by Gasteiger charge is -2.21. The van der Waals surface area contributed by atoms with Gasteiger partial charge >= 0.3 is 12.2 Å². The molecule has 3 heterocycles. The van der Waals surface area contributed by atoms with Crippen LogP contribution in [0.2, 0.25) is 5.02 Å². The highest BCUT2D eigenvalue weighted by Crippen LogP contribution is 2.33. The van der Waals surface area contributed by atoms with Crippen LogP contribution in [0.15, 0.2) is 54.7 Å². The Morgan fingerprint density at radius 3 is 2.86 bits per heavy atom. The molecule has 2 bridgehead atoms. The Hall–Kier alpha value is -5.04. The largest absolute Gasteiger partial charge is 0.453 e. The standard InChI is InChI=1S/C28H25ClFN7O5/c1-15-25(35-36-37(15)23-7-3-5-19(29)24(23)30)26(38)33-20-6-4-12-42-28(40)34-21-14-17(32-27(39)41-2)8-9-18(21)16-10-11-31-22(20)13-16/h3,5,7-11,13-14,20H,4,6,12H2,1-2H3,(H,32,39)(H,33,38)(H,34,40). The topological polar surface area (TPSA) is 149 Å². The highest BCUT2D eigenvalue weighted by atomic mass is 35.5. The molecule has 3 amide bonds. The lowest BCUT2D eigenvalue weighted by atomic mass is 9.99. The van der Waals surface area contributed by atoms with E-state index in [9.17, 15) is 18.8 Å². The number of pyridine rings is 1. The number of fused-ring (bicyclic) bond motifs is 4. The number of carbonyl (C=O) groups is 3. The maximum Gasteiger partial charge on any atom is 0.411 e. The lowest BCUT2D eigenvalue weighted by molar-refractivity contribution is 0.0923. The molecule has 1 unspecified atom stereocenters. The third-order valence-electron chi connectivity index (χ3n) is 6.58. The highest BCUT2D eigenvalue weighted by molar-refractivity contribution is 6.30. The number of nitrogens with zero attached hydrogens (tertiary/aromatic N) is 4. The lowest BCUT2D eigenvalue weighted by Crippen LogP contribution is -2.30. The van der Waals surface area contributed by atoms with Crippen molar-refractivity contribution < 1.29 is 28.2 Å². The van der Waals surface area contributed by atoms with E-state index < -0.39 is 30.0 Å². The van der Waals surface area contributed by atoms with E-state index in [1.54, 1.807) is 49.5 Å². The number of aromatic nitrogens is 4. The summed E-state index contributed by atoms with van der Waals surface area (Å²) in [5.41, 5.74) is 3.03. The van der Waals surface area contributed by atoms with Crippen molar-refractivity contribution in [2.45, 2.75) is 25.8 Å². The van der Waals surface area contributed by atoms with Gasteiger partial charge in [0, 0.05) is 17.4 Å². The second-order valence-corrected chi connectivity index (χ2v) is 9.69. The molecule has 14 heteroatoms. The molecule has 3 N–H and O–H groups in total. The van der Waals surface area contributed by atoms with E-state index >= 15 is 0 Å². The quantitative estimate of drug-likeness (QED) is 0.284. The first-order valence-corrected chi connectivity index (χ1v) is 13.2. The van der Waals surface area contributed by atoms with Gasteiger partial charge < -0.3 is 14.8 Å². The molecule has 4 aromatic rings. The van der Waals surface area contributed by atoms with Crippen molar-refractivity contribution in [3.63, 3.8) is 0 Å². The molecule has 0 fully saturated rings. The van der Waals surface area contributed by atoms with E-state index in [0.717, 1.165) is 0 Å². The number of ether oxygens (including phenoxy) is 2. The summed E-state index contributed by atoms with van der Waals surface area (Å²) >= 11 is 5.92. The SMILES string of the molecule is COC(=O)Nc1ccc2c(c1)NC(=O)OCCCC(NC(=O)c1nnn(-c3cccc(Cl)c3F)c1C)c1cc-2ccn1. The van der Waals surface area contributed by atoms with Crippen molar-refractivity contribution in [3.05, 3.63) is 82.6 Å². The molecule has 216 valence electrons. The Labute approximate surface area is 244 Å². The minimum Gasteiger partial charge on any atom is -0.453 e. The van der Waals surface area contributed by atoms with Gasteiger partial charge in [0.15, 0.2) is 11.5 Å². The number of anilines is 2. The molecule has 2 aromatic heterocycles. The van der Waals surface area contributed by atoms with Gasteiger partial charge in [-0.15, -0.1) is 5.10 Å². The molecule has 0 saturated heterocycles. The van der Waals surface area contributed by atoms with Gasteiger partial charge in [-0.25, -0.2) is 18.7 Å². The fraction of sp³-hybridized carbons (Fsp3) is 0.214. The summed E-state index contributed by atoms with van der Waals surface area (Å²) in [6, 6.07) is 12.4. The molecule has 5 rings (SSSR count). The fourth-order valence-electron chi connectivity index (χ4n) is 4.50. The third-order valence-corrected chi connectivity index (χ3v) is 6.87. The zero-order valence-electron chi connectivity index (χ0n) is 22.5. The Morgan fingerprint density at radius 2 is 2.05 bits per heavy atom. The van der Waals surface area contributed by atoms with Crippen LogP contribution >= 0.6 is 11.6 Å². The van der Waals surface area contributed by atoms with Crippen LogP contribution in [0.25, 0.3) is 16.8 Å². The molecule has 0 spiro atoms. The van der Waals surface area contributed by atoms with E-state index in [-0.39, 0.29) is 23.0 Å². The number of hydrogen-bond donors (Lipinski definition) is 3. The van der Waals surface area contributed by atoms with Crippen molar-refractivity contribution in [2.24, 2.45) is 0 Å². The number of cyclic esters (lactones) is 1. The number of rotatable bonds is 4. The summed E-state index contributed by atoms with van der Waals surface area (Å²) in [6.07, 6.45) is 1.05. The van der Waals surface area contributed by atoms with E-state index in [1.807, 2.05) is 0 Å². The molecule has 0 saturated carbocycles. The minimum atomic E-state index is -0.683. The second-order valence-electron chi connectivity index (χ2n) is 9.28. The summed E-state index contributed by atoms with van der Waals surface area (Å²) in [6.45, 7) is 1.67. The molecule has 0 radical (unpaired) electrons. The average Bonchev–Trinajstić information content (AvgIpc) is 3.36. The first-order valence-electron chi connectivity index (χ1n) is 12.8. The molecule has 42 heavy (non-hydrogen) atoms. The second kappa shape index (κ2) is 12.2. The maximum absolute atomic E-state index is 14.6. The van der Waals surface area contributed by atoms with Gasteiger partial charge in [-0.05, 0) is 61.7 Å². The van der Waals surface area contributed by atoms with E-state index in [4.69, 9.17) is 16.3 Å². The molecule has 1 atom stereocenters. The van der Waals surface area contributed by atoms with Gasteiger partial charge in [0.25, 0.3) is 5.91 Å². The molecule has 1 aliphatic rings. The Balaban J connectivity index is 1.46. The normalized spacial score (nSPS) is 14.8. The van der Waals surface area contributed by atoms with Crippen molar-refractivity contribution in [1.29, 1.82) is 0 Å². The summed E-state index contributed by atoms with van der Waals surface area (Å²) in [4.78, 5) is 42.1. The molecule has 2 aromatic carbocycles. The van der Waals surface area contributed by atoms with E-state index in [1.165, 1.54) is 23.9 Å². The van der Waals surface area contributed by atoms with Crippen LogP contribution in [0.4, 0.5) is 25.4 Å². The van der Waals surface area contributed by atoms with Crippen LogP contribution in [0.3, 0.4) is 0 Å². The van der Waals surface area contributed by atoms with Crippen LogP contribution in [0.1, 0.15) is 40.8 Å². The molecule has 0 aliphatic carbocycles. The third kappa shape index (κ3) is 6.00. The first kappa shape index (κ1) is 28.5. The van der Waals surface area contributed by atoms with Crippen LogP contribution < -0.4 is 16.0 Å². The Morgan fingerprint density at radius 1 is 1.21 bits per heavy atom. The van der Waals surface area contributed by atoms with Crippen LogP contribution in [0, 0.1) is 12.7 Å². The molecule has 12 nitrogen and oxygen atoms in total. The summed E-state index contributed by atoms with van der Waals surface area (Å²) in [5, 5.41) is 16.1. The van der Waals surface area contributed by atoms with Crippen LogP contribution in [0.5, 0.6) is 0 Å². The van der Waals surface area contributed by atoms with Crippen LogP contribution in [-0.2, 0) is 9.47 Å². The Kier molecular flexibility index (Phi) is 8.29. The van der Waals surface area contributed by atoms with E-state index in [2.05, 4.69) is 36.0 Å². The number of methoxy groups -OCH3 is 1. The molecular weight excluding hydrogens is 569 g/mol. The van der Waals surface area contributed by atoms with Gasteiger partial charge in [0.05, 0.1) is 41.9 Å². The van der Waals surface area contributed by atoms with Crippen molar-refractivity contribution in [2.75, 3.05) is 24.4 Å². The predicted octanol–water partition coefficient (Wildman–Crippen LogP) is 5.42. The minimum absolute atomic E-state index is 0.00301. The predicted molar refractivity (Wildman–Crippen MR) is 151 cm³/mol. The number of carbonyl (C=O) groups excluding carboxylic acids is 3. The number of benzene rings is 2. The van der Waals surface area contributed by atoms with Gasteiger partial charge in [-0.3, -0.25) is 20.4 Å². The van der Waals surface area contributed by atoms with Gasteiger partial charge in [-0.1, -0.05) is 28.9 Å². The number of halogens is 2. The van der Waals surface area contributed by atoms with Crippen molar-refractivity contribution in [1.82, 2.24) is 25.3 Å². The summed E-state index contributed by atoms with van der Waals surface area (Å²) in [5.74, 6) is -1.22. The van der Waals surface area contributed by atoms with Gasteiger partial charge in [0.2, 0.25) is 0 Å². The van der Waals surface area contributed by atoms with Crippen LogP contribution in [-0.4, -0.2) is 51.8 Å². The molecule has 1 aliphatic heterocycles. The first-order chi connectivity index (χ1) is 20.2. The highest BCUT2D eigenvalue weighted by Gasteiger charge is 2.24. The van der Waals surface area contributed by atoms with Crippen molar-refractivity contribution in [3.8, 4) is 16.8 Å². The average molecular weight is 594 g/mol. The maximum atomic E-state index is 14.6. The number of nitrogens with one attached hydrogen (secondary N) is 3. The zero-order chi connectivity index (χ0) is 29.8. The summed E-state index contributed by atoms with van der Waals surface area (Å²) in [7, 11) is 1.24. The van der Waals surface area contributed by atoms with Crippen molar-refractivity contribution >= 4 is 41.1 Å². The number of amides is 3. The summed E-state index contributed by atoms with van der Waals surface area (Å²) < 4.78 is 25.8. The zero-order valence-corrected chi connectivity index (χ0v) is 23.2. The smallest absolute Gasteiger partial charge is 0.411 e.